The van der Waals surface area contributed by atoms with Crippen molar-refractivity contribution >= 4 is 11.6 Å². The molecule has 18 heavy (non-hydrogen) atoms. The van der Waals surface area contributed by atoms with Gasteiger partial charge in [-0.1, -0.05) is 61.0 Å². The van der Waals surface area contributed by atoms with Crippen LogP contribution in [0.5, 0.6) is 0 Å². The smallest absolute Gasteiger partial charge is 0.0818 e. The van der Waals surface area contributed by atoms with Crippen LogP contribution in [0.3, 0.4) is 0 Å². The van der Waals surface area contributed by atoms with Gasteiger partial charge in [0, 0.05) is 5.02 Å². The van der Waals surface area contributed by atoms with Crippen molar-refractivity contribution in [1.29, 1.82) is 0 Å². The van der Waals surface area contributed by atoms with Gasteiger partial charge in [-0.25, -0.2) is 0 Å². The fraction of sp³-hybridized carbons (Fsp3) is 0.250. The number of hydrogen-bond donors (Lipinski definition) is 1. The maximum absolute atomic E-state index is 10.3. The Balaban J connectivity index is 2.03. The third kappa shape index (κ3) is 3.34. The van der Waals surface area contributed by atoms with Gasteiger partial charge in [0.1, 0.15) is 0 Å². The summed E-state index contributed by atoms with van der Waals surface area (Å²) in [6.07, 6.45) is 0.412. The molecule has 0 bridgehead atoms. The monoisotopic (exact) mass is 260 g/mol. The van der Waals surface area contributed by atoms with Gasteiger partial charge < -0.3 is 5.11 Å². The third-order valence-corrected chi connectivity index (χ3v) is 3.40. The molecule has 2 aromatic rings. The van der Waals surface area contributed by atoms with Crippen molar-refractivity contribution < 1.29 is 5.11 Å². The van der Waals surface area contributed by atoms with Crippen molar-refractivity contribution in [3.05, 3.63) is 70.7 Å². The van der Waals surface area contributed by atoms with E-state index in [0.29, 0.717) is 0 Å². The zero-order chi connectivity index (χ0) is 13.0. The lowest BCUT2D eigenvalue weighted by atomic mass is 9.91. The molecular weight excluding hydrogens is 244 g/mol. The largest absolute Gasteiger partial charge is 0.388 e. The number of halogens is 1. The Kier molecular flexibility index (Phi) is 4.40. The molecule has 0 saturated heterocycles. The molecule has 0 spiro atoms. The minimum Gasteiger partial charge on any atom is -0.388 e. The van der Waals surface area contributed by atoms with Crippen LogP contribution in [-0.2, 0) is 6.42 Å². The molecule has 94 valence electrons. The normalized spacial score (nSPS) is 14.2. The van der Waals surface area contributed by atoms with Crippen LogP contribution < -0.4 is 0 Å². The predicted octanol–water partition coefficient (Wildman–Crippen LogP) is 4.25. The maximum atomic E-state index is 10.3. The summed E-state index contributed by atoms with van der Waals surface area (Å²) in [5.41, 5.74) is 2.17. The number of benzene rings is 2. The molecule has 2 unspecified atom stereocenters. The zero-order valence-electron chi connectivity index (χ0n) is 10.4. The van der Waals surface area contributed by atoms with Crippen molar-refractivity contribution in [2.24, 2.45) is 5.92 Å². The van der Waals surface area contributed by atoms with Crippen LogP contribution in [0.15, 0.2) is 54.6 Å². The second-order valence-electron chi connectivity index (χ2n) is 4.66. The van der Waals surface area contributed by atoms with Gasteiger partial charge in [0.25, 0.3) is 0 Å². The Labute approximate surface area is 113 Å². The first-order chi connectivity index (χ1) is 8.66. The highest BCUT2D eigenvalue weighted by Crippen LogP contribution is 2.25. The van der Waals surface area contributed by atoms with E-state index in [2.05, 4.69) is 6.92 Å². The fourth-order valence-electron chi connectivity index (χ4n) is 2.08. The molecule has 0 aliphatic rings. The first kappa shape index (κ1) is 13.1. The highest BCUT2D eigenvalue weighted by Gasteiger charge is 2.16. The summed E-state index contributed by atoms with van der Waals surface area (Å²) in [5.74, 6) is 0.175. The molecule has 0 fully saturated rings. The van der Waals surface area contributed by atoms with E-state index in [4.69, 9.17) is 11.6 Å². The molecule has 2 heteroatoms. The van der Waals surface area contributed by atoms with Gasteiger partial charge in [0.15, 0.2) is 0 Å². The Hall–Kier alpha value is -1.31. The summed E-state index contributed by atoms with van der Waals surface area (Å²) in [6.45, 7) is 2.06. The maximum Gasteiger partial charge on any atom is 0.0818 e. The summed E-state index contributed by atoms with van der Waals surface area (Å²) in [6, 6.07) is 17.6. The molecular formula is C16H17ClO. The second-order valence-corrected chi connectivity index (χ2v) is 5.10. The second kappa shape index (κ2) is 6.03. The van der Waals surface area contributed by atoms with Gasteiger partial charge >= 0.3 is 0 Å². The van der Waals surface area contributed by atoms with Crippen LogP contribution in [0.2, 0.25) is 5.02 Å². The molecule has 0 saturated carbocycles. The van der Waals surface area contributed by atoms with E-state index in [1.165, 1.54) is 5.56 Å². The van der Waals surface area contributed by atoms with Gasteiger partial charge in [0.2, 0.25) is 0 Å². The lowest BCUT2D eigenvalue weighted by molar-refractivity contribution is 0.117. The van der Waals surface area contributed by atoms with E-state index in [1.54, 1.807) is 0 Å². The van der Waals surface area contributed by atoms with Gasteiger partial charge in [-0.2, -0.15) is 0 Å². The van der Waals surface area contributed by atoms with Gasteiger partial charge in [-0.15, -0.1) is 0 Å². The average molecular weight is 261 g/mol. The predicted molar refractivity (Wildman–Crippen MR) is 75.7 cm³/mol. The van der Waals surface area contributed by atoms with E-state index in [9.17, 15) is 5.11 Å². The molecule has 0 amide bonds. The third-order valence-electron chi connectivity index (χ3n) is 3.15. The average Bonchev–Trinajstić information content (AvgIpc) is 2.41. The summed E-state index contributed by atoms with van der Waals surface area (Å²) >= 11 is 5.86. The Morgan fingerprint density at radius 2 is 1.61 bits per heavy atom. The molecule has 0 aliphatic carbocycles. The highest BCUT2D eigenvalue weighted by molar-refractivity contribution is 6.30. The van der Waals surface area contributed by atoms with E-state index in [1.807, 2.05) is 54.6 Å². The van der Waals surface area contributed by atoms with E-state index in [-0.39, 0.29) is 5.92 Å². The van der Waals surface area contributed by atoms with E-state index >= 15 is 0 Å². The van der Waals surface area contributed by atoms with Crippen molar-refractivity contribution in [3.63, 3.8) is 0 Å². The molecule has 1 nitrogen and oxygen atoms in total. The Bertz CT molecular complexity index is 478. The van der Waals surface area contributed by atoms with Crippen LogP contribution in [0, 0.1) is 5.92 Å². The minimum atomic E-state index is -0.429. The van der Waals surface area contributed by atoms with Gasteiger partial charge in [-0.05, 0) is 35.6 Å². The summed E-state index contributed by atoms with van der Waals surface area (Å²) in [7, 11) is 0. The molecule has 0 heterocycles. The molecule has 0 aromatic heterocycles. The lowest BCUT2D eigenvalue weighted by Gasteiger charge is -2.19. The van der Waals surface area contributed by atoms with Crippen molar-refractivity contribution in [3.8, 4) is 0 Å². The van der Waals surface area contributed by atoms with Crippen molar-refractivity contribution in [2.45, 2.75) is 19.4 Å². The first-order valence-corrected chi connectivity index (χ1v) is 6.52. The van der Waals surface area contributed by atoms with Crippen LogP contribution in [0.1, 0.15) is 24.2 Å². The molecule has 2 aromatic carbocycles. The molecule has 2 rings (SSSR count). The Morgan fingerprint density at radius 1 is 1.00 bits per heavy atom. The van der Waals surface area contributed by atoms with Crippen LogP contribution >= 0.6 is 11.6 Å². The zero-order valence-corrected chi connectivity index (χ0v) is 11.1. The van der Waals surface area contributed by atoms with Crippen LogP contribution in [0.4, 0.5) is 0 Å². The lowest BCUT2D eigenvalue weighted by Crippen LogP contribution is -2.11. The molecule has 0 radical (unpaired) electrons. The number of rotatable bonds is 4. The molecule has 1 N–H and O–H groups in total. The number of aliphatic hydroxyl groups excluding tert-OH is 1. The van der Waals surface area contributed by atoms with Gasteiger partial charge in [-0.3, -0.25) is 0 Å². The summed E-state index contributed by atoms with van der Waals surface area (Å²) in [4.78, 5) is 0. The standard InChI is InChI=1S/C16H17ClO/c1-12(11-13-7-9-15(17)10-8-13)16(18)14-5-3-2-4-6-14/h2-10,12,16,18H,11H2,1H3. The Morgan fingerprint density at radius 3 is 2.22 bits per heavy atom. The minimum absolute atomic E-state index is 0.175. The topological polar surface area (TPSA) is 20.2 Å². The van der Waals surface area contributed by atoms with Gasteiger partial charge in [0.05, 0.1) is 6.10 Å². The quantitative estimate of drug-likeness (QED) is 0.871. The first-order valence-electron chi connectivity index (χ1n) is 6.14. The number of hydrogen-bond acceptors (Lipinski definition) is 1. The SMILES string of the molecule is CC(Cc1ccc(Cl)cc1)C(O)c1ccccc1. The fourth-order valence-corrected chi connectivity index (χ4v) is 2.21. The van der Waals surface area contributed by atoms with E-state index < -0.39 is 6.10 Å². The van der Waals surface area contributed by atoms with E-state index in [0.717, 1.165) is 17.0 Å². The summed E-state index contributed by atoms with van der Waals surface area (Å²) in [5, 5.41) is 11.0. The highest BCUT2D eigenvalue weighted by atomic mass is 35.5. The number of aliphatic hydroxyl groups is 1. The summed E-state index contributed by atoms with van der Waals surface area (Å²) < 4.78 is 0. The van der Waals surface area contributed by atoms with Crippen LogP contribution in [0.25, 0.3) is 0 Å². The van der Waals surface area contributed by atoms with Crippen molar-refractivity contribution in [1.82, 2.24) is 0 Å². The van der Waals surface area contributed by atoms with Crippen molar-refractivity contribution in [2.75, 3.05) is 0 Å². The molecule has 0 aliphatic heterocycles. The molecule has 2 atom stereocenters. The van der Waals surface area contributed by atoms with Crippen LogP contribution in [-0.4, -0.2) is 5.11 Å².